The first-order valence-corrected chi connectivity index (χ1v) is 10.4. The van der Waals surface area contributed by atoms with Crippen LogP contribution in [0.15, 0.2) is 24.3 Å². The third-order valence-corrected chi connectivity index (χ3v) is 7.02. The van der Waals surface area contributed by atoms with Gasteiger partial charge in [-0.25, -0.2) is 0 Å². The van der Waals surface area contributed by atoms with Gasteiger partial charge in [-0.05, 0) is 61.6 Å². The second kappa shape index (κ2) is 7.06. The van der Waals surface area contributed by atoms with Crippen molar-refractivity contribution in [2.45, 2.75) is 45.2 Å². The molecule has 4 atom stereocenters. The molecule has 3 aliphatic rings. The van der Waals surface area contributed by atoms with Crippen LogP contribution in [0.4, 0.5) is 4.79 Å². The van der Waals surface area contributed by atoms with Crippen LogP contribution in [0.2, 0.25) is 0 Å². The Morgan fingerprint density at radius 2 is 2.15 bits per heavy atom. The lowest BCUT2D eigenvalue weighted by Crippen LogP contribution is -2.40. The summed E-state index contributed by atoms with van der Waals surface area (Å²) in [5.41, 5.74) is 1.39. The Morgan fingerprint density at radius 3 is 2.81 bits per heavy atom. The fourth-order valence-electron chi connectivity index (χ4n) is 4.83. The van der Waals surface area contributed by atoms with E-state index in [1.54, 1.807) is 12.1 Å². The number of nitrogens with one attached hydrogen (secondary N) is 1. The Bertz CT molecular complexity index is 734. The zero-order valence-corrected chi connectivity index (χ0v) is 15.8. The Morgan fingerprint density at radius 1 is 1.31 bits per heavy atom. The predicted octanol–water partition coefficient (Wildman–Crippen LogP) is 3.44. The van der Waals surface area contributed by atoms with Crippen LogP contribution in [0, 0.1) is 17.8 Å². The minimum atomic E-state index is -0.213. The first-order valence-electron chi connectivity index (χ1n) is 9.38. The molecule has 2 aliphatic carbocycles. The number of benzene rings is 1. The van der Waals surface area contributed by atoms with Gasteiger partial charge in [0.1, 0.15) is 0 Å². The molecule has 2 bridgehead atoms. The average Bonchev–Trinajstić information content (AvgIpc) is 3.34. The van der Waals surface area contributed by atoms with Crippen molar-refractivity contribution in [3.05, 3.63) is 35.4 Å². The van der Waals surface area contributed by atoms with Crippen molar-refractivity contribution in [2.24, 2.45) is 17.8 Å². The molecule has 1 N–H and O–H groups in total. The Kier molecular flexibility index (Phi) is 4.78. The van der Waals surface area contributed by atoms with Gasteiger partial charge < -0.3 is 5.32 Å². The maximum atomic E-state index is 12.7. The molecule has 138 valence electrons. The molecule has 6 heteroatoms. The molecule has 4 unspecified atom stereocenters. The van der Waals surface area contributed by atoms with Crippen LogP contribution in [-0.4, -0.2) is 33.7 Å². The second-order valence-corrected chi connectivity index (χ2v) is 8.76. The molecule has 1 aromatic carbocycles. The molecule has 0 radical (unpaired) electrons. The zero-order chi connectivity index (χ0) is 18.3. The molecule has 5 nitrogen and oxygen atoms in total. The fourth-order valence-corrected chi connectivity index (χ4v) is 5.56. The van der Waals surface area contributed by atoms with Gasteiger partial charge in [-0.2, -0.15) is 0 Å². The third-order valence-electron chi connectivity index (χ3n) is 6.16. The Labute approximate surface area is 157 Å². The van der Waals surface area contributed by atoms with Crippen molar-refractivity contribution in [2.75, 3.05) is 5.75 Å². The van der Waals surface area contributed by atoms with Gasteiger partial charge in [0.2, 0.25) is 5.91 Å². The molecule has 0 aromatic heterocycles. The zero-order valence-electron chi connectivity index (χ0n) is 14.9. The Balaban J connectivity index is 1.40. The Hall–Kier alpha value is -1.82. The lowest BCUT2D eigenvalue weighted by Gasteiger charge is -2.28. The molecule has 1 aromatic rings. The van der Waals surface area contributed by atoms with Crippen LogP contribution in [0.1, 0.15) is 48.5 Å². The summed E-state index contributed by atoms with van der Waals surface area (Å²) < 4.78 is 0. The van der Waals surface area contributed by atoms with E-state index in [1.165, 1.54) is 30.6 Å². The molecule has 0 spiro atoms. The maximum Gasteiger partial charge on any atom is 0.289 e. The van der Waals surface area contributed by atoms with E-state index in [-0.39, 0.29) is 35.4 Å². The van der Waals surface area contributed by atoms with Crippen LogP contribution in [-0.2, 0) is 11.3 Å². The predicted molar refractivity (Wildman–Crippen MR) is 101 cm³/mol. The summed E-state index contributed by atoms with van der Waals surface area (Å²) >= 11 is 1.03. The van der Waals surface area contributed by atoms with Crippen molar-refractivity contribution in [1.29, 1.82) is 0 Å². The molecule has 3 amide bonds. The van der Waals surface area contributed by atoms with Crippen molar-refractivity contribution < 1.29 is 14.4 Å². The van der Waals surface area contributed by atoms with E-state index in [1.807, 2.05) is 12.1 Å². The molecule has 3 fully saturated rings. The second-order valence-electron chi connectivity index (χ2n) is 7.84. The van der Waals surface area contributed by atoms with Crippen molar-refractivity contribution in [3.8, 4) is 0 Å². The number of thioether (sulfide) groups is 1. The molecule has 26 heavy (non-hydrogen) atoms. The summed E-state index contributed by atoms with van der Waals surface area (Å²) in [4.78, 5) is 37.4. The van der Waals surface area contributed by atoms with E-state index in [4.69, 9.17) is 0 Å². The normalized spacial score (nSPS) is 28.7. The number of imide groups is 1. The first-order chi connectivity index (χ1) is 12.5. The number of fused-ring (bicyclic) bond motifs is 2. The minimum absolute atomic E-state index is 0.0735. The van der Waals surface area contributed by atoms with Gasteiger partial charge >= 0.3 is 0 Å². The largest absolute Gasteiger partial charge is 0.349 e. The number of hydrogen-bond acceptors (Lipinski definition) is 4. The van der Waals surface area contributed by atoms with Gasteiger partial charge in [0.25, 0.3) is 11.1 Å². The summed E-state index contributed by atoms with van der Waals surface area (Å²) in [6.07, 6.45) is 5.23. The lowest BCUT2D eigenvalue weighted by atomic mass is 9.84. The summed E-state index contributed by atoms with van der Waals surface area (Å²) in [5.74, 6) is 2.19. The first kappa shape index (κ1) is 17.6. The number of carbonyl (C=O) groups is 3. The fraction of sp³-hybridized carbons (Fsp3) is 0.550. The van der Waals surface area contributed by atoms with E-state index in [0.717, 1.165) is 29.2 Å². The minimum Gasteiger partial charge on any atom is -0.349 e. The summed E-state index contributed by atoms with van der Waals surface area (Å²) in [6, 6.07) is 7.41. The van der Waals surface area contributed by atoms with E-state index in [0.29, 0.717) is 11.5 Å². The molecular formula is C20H24N2O3S. The van der Waals surface area contributed by atoms with E-state index in [9.17, 15) is 14.4 Å². The number of amides is 3. The van der Waals surface area contributed by atoms with Crippen molar-refractivity contribution in [3.63, 3.8) is 0 Å². The monoisotopic (exact) mass is 372 g/mol. The molecule has 1 saturated heterocycles. The van der Waals surface area contributed by atoms with Crippen LogP contribution in [0.5, 0.6) is 0 Å². The van der Waals surface area contributed by atoms with E-state index >= 15 is 0 Å². The molecule has 4 rings (SSSR count). The number of nitrogens with zero attached hydrogens (tertiary/aromatic N) is 1. The van der Waals surface area contributed by atoms with Gasteiger partial charge in [-0.15, -0.1) is 0 Å². The van der Waals surface area contributed by atoms with Gasteiger partial charge in [0, 0.05) is 11.6 Å². The summed E-state index contributed by atoms with van der Waals surface area (Å²) in [7, 11) is 0. The number of rotatable bonds is 5. The molecule has 1 heterocycles. The van der Waals surface area contributed by atoms with E-state index < -0.39 is 0 Å². The number of hydrogen-bond donors (Lipinski definition) is 1. The van der Waals surface area contributed by atoms with Crippen LogP contribution < -0.4 is 5.32 Å². The maximum absolute atomic E-state index is 12.7. The third kappa shape index (κ3) is 3.39. The highest BCUT2D eigenvalue weighted by Gasteiger charge is 2.42. The van der Waals surface area contributed by atoms with Gasteiger partial charge in [-0.1, -0.05) is 30.3 Å². The smallest absolute Gasteiger partial charge is 0.289 e. The number of carbonyl (C=O) groups excluding carboxylic acids is 3. The summed E-state index contributed by atoms with van der Waals surface area (Å²) in [5, 5.41) is 2.96. The van der Waals surface area contributed by atoms with E-state index in [2.05, 4.69) is 12.2 Å². The van der Waals surface area contributed by atoms with Gasteiger partial charge in [0.15, 0.2) is 0 Å². The quantitative estimate of drug-likeness (QED) is 0.860. The SMILES string of the molecule is CC(NC(=O)c1cccc(CN2C(=O)CSC2=O)c1)C1CC2CCC1C2. The highest BCUT2D eigenvalue weighted by Crippen LogP contribution is 2.49. The highest BCUT2D eigenvalue weighted by atomic mass is 32.2. The molecular weight excluding hydrogens is 348 g/mol. The van der Waals surface area contributed by atoms with Crippen molar-refractivity contribution in [1.82, 2.24) is 10.2 Å². The molecule has 1 aliphatic heterocycles. The molecule has 2 saturated carbocycles. The topological polar surface area (TPSA) is 66.5 Å². The van der Waals surface area contributed by atoms with Crippen molar-refractivity contribution >= 4 is 28.8 Å². The average molecular weight is 372 g/mol. The van der Waals surface area contributed by atoms with Crippen LogP contribution in [0.25, 0.3) is 0 Å². The highest BCUT2D eigenvalue weighted by molar-refractivity contribution is 8.14. The lowest BCUT2D eigenvalue weighted by molar-refractivity contribution is -0.125. The van der Waals surface area contributed by atoms with Crippen LogP contribution in [0.3, 0.4) is 0 Å². The van der Waals surface area contributed by atoms with Gasteiger partial charge in [-0.3, -0.25) is 19.3 Å². The van der Waals surface area contributed by atoms with Gasteiger partial charge in [0.05, 0.1) is 12.3 Å². The van der Waals surface area contributed by atoms with Crippen LogP contribution >= 0.6 is 11.8 Å². The summed E-state index contributed by atoms with van der Waals surface area (Å²) in [6.45, 7) is 2.35. The standard InChI is InChI=1S/C20H24N2O3S/c1-12(17-9-13-5-6-15(17)7-13)21-19(24)16-4-2-3-14(8-16)10-22-18(23)11-26-20(22)25/h2-4,8,12-13,15,17H,5-7,9-11H2,1H3,(H,21,24).